The van der Waals surface area contributed by atoms with Gasteiger partial charge in [0.1, 0.15) is 5.69 Å². The van der Waals surface area contributed by atoms with Crippen LogP contribution >= 0.6 is 11.3 Å². The van der Waals surface area contributed by atoms with Crippen LogP contribution in [0.25, 0.3) is 4.96 Å². The summed E-state index contributed by atoms with van der Waals surface area (Å²) in [5.41, 5.74) is 1.55. The zero-order valence-electron chi connectivity index (χ0n) is 15.2. The molecule has 1 aromatic carbocycles. The fraction of sp³-hybridized carbons (Fsp3) is 0.350. The lowest BCUT2D eigenvalue weighted by Crippen LogP contribution is -2.43. The zero-order chi connectivity index (χ0) is 18.8. The summed E-state index contributed by atoms with van der Waals surface area (Å²) in [6.07, 6.45) is 4.81. The maximum atomic E-state index is 13.0. The molecule has 7 heteroatoms. The summed E-state index contributed by atoms with van der Waals surface area (Å²) in [5.74, 6) is 0.00513. The number of rotatable bonds is 4. The molecule has 3 heterocycles. The number of hydrogen-bond acceptors (Lipinski definition) is 4. The van der Waals surface area contributed by atoms with Gasteiger partial charge in [-0.25, -0.2) is 4.98 Å². The van der Waals surface area contributed by atoms with Gasteiger partial charge in [0, 0.05) is 49.9 Å². The number of amides is 2. The summed E-state index contributed by atoms with van der Waals surface area (Å²) in [4.78, 5) is 34.7. The average Bonchev–Trinajstić information content (AvgIpc) is 3.25. The van der Waals surface area contributed by atoms with Gasteiger partial charge in [-0.1, -0.05) is 37.3 Å². The van der Waals surface area contributed by atoms with E-state index in [0.717, 1.165) is 16.9 Å². The Bertz CT molecular complexity index is 921. The van der Waals surface area contributed by atoms with Crippen molar-refractivity contribution in [3.8, 4) is 0 Å². The zero-order valence-corrected chi connectivity index (χ0v) is 16.1. The molecule has 0 bridgehead atoms. The topological polar surface area (TPSA) is 57.9 Å². The van der Waals surface area contributed by atoms with E-state index in [1.165, 1.54) is 11.3 Å². The molecule has 1 fully saturated rings. The summed E-state index contributed by atoms with van der Waals surface area (Å²) >= 11 is 1.50. The van der Waals surface area contributed by atoms with E-state index in [4.69, 9.17) is 0 Å². The summed E-state index contributed by atoms with van der Waals surface area (Å²) in [6, 6.07) is 10.0. The average molecular weight is 382 g/mol. The molecule has 2 aromatic heterocycles. The molecule has 4 rings (SSSR count). The van der Waals surface area contributed by atoms with Crippen molar-refractivity contribution >= 4 is 28.1 Å². The van der Waals surface area contributed by atoms with Crippen molar-refractivity contribution in [2.24, 2.45) is 0 Å². The quantitative estimate of drug-likeness (QED) is 0.697. The number of carbonyl (C=O) groups is 2. The molecule has 6 nitrogen and oxygen atoms in total. The first kappa shape index (κ1) is 17.7. The van der Waals surface area contributed by atoms with Gasteiger partial charge in [0.2, 0.25) is 5.91 Å². The van der Waals surface area contributed by atoms with E-state index < -0.39 is 0 Å². The maximum absolute atomic E-state index is 13.0. The minimum Gasteiger partial charge on any atom is -0.335 e. The van der Waals surface area contributed by atoms with Gasteiger partial charge in [0.15, 0.2) is 4.96 Å². The van der Waals surface area contributed by atoms with Crippen molar-refractivity contribution in [1.29, 1.82) is 0 Å². The lowest BCUT2D eigenvalue weighted by Gasteiger charge is -2.31. The van der Waals surface area contributed by atoms with Gasteiger partial charge in [0.05, 0.1) is 0 Å². The van der Waals surface area contributed by atoms with Crippen LogP contribution < -0.4 is 0 Å². The van der Waals surface area contributed by atoms with Crippen LogP contribution in [0.2, 0.25) is 0 Å². The van der Waals surface area contributed by atoms with E-state index in [1.54, 1.807) is 11.1 Å². The Balaban J connectivity index is 1.54. The summed E-state index contributed by atoms with van der Waals surface area (Å²) in [5, 5.41) is 1.94. The van der Waals surface area contributed by atoms with E-state index in [9.17, 15) is 9.59 Å². The van der Waals surface area contributed by atoms with Crippen molar-refractivity contribution in [2.45, 2.75) is 32.4 Å². The number of fused-ring (bicyclic) bond motifs is 1. The van der Waals surface area contributed by atoms with Gasteiger partial charge in [-0.2, -0.15) is 0 Å². The second-order valence-corrected chi connectivity index (χ2v) is 7.66. The smallest absolute Gasteiger partial charge is 0.274 e. The number of nitrogens with zero attached hydrogens (tertiary/aromatic N) is 4. The second kappa shape index (κ2) is 7.52. The van der Waals surface area contributed by atoms with Gasteiger partial charge in [-0.15, -0.1) is 11.3 Å². The molecule has 1 atom stereocenters. The Hall–Kier alpha value is -2.67. The van der Waals surface area contributed by atoms with E-state index in [-0.39, 0.29) is 17.9 Å². The van der Waals surface area contributed by atoms with E-state index in [2.05, 4.69) is 11.9 Å². The lowest BCUT2D eigenvalue weighted by molar-refractivity contribution is -0.133. The summed E-state index contributed by atoms with van der Waals surface area (Å²) in [7, 11) is 0. The van der Waals surface area contributed by atoms with Gasteiger partial charge >= 0.3 is 0 Å². The van der Waals surface area contributed by atoms with Crippen LogP contribution in [-0.2, 0) is 11.3 Å². The molecule has 1 aliphatic rings. The highest BCUT2D eigenvalue weighted by Gasteiger charge is 2.31. The fourth-order valence-electron chi connectivity index (χ4n) is 3.55. The van der Waals surface area contributed by atoms with Crippen molar-refractivity contribution in [2.75, 3.05) is 13.1 Å². The number of carbonyl (C=O) groups excluding carboxylic acids is 2. The van der Waals surface area contributed by atoms with Crippen molar-refractivity contribution < 1.29 is 9.59 Å². The number of hydrogen-bond donors (Lipinski definition) is 0. The molecule has 3 aromatic rings. The third-order valence-corrected chi connectivity index (χ3v) is 5.83. The Morgan fingerprint density at radius 3 is 2.85 bits per heavy atom. The molecule has 0 saturated carbocycles. The fourth-order valence-corrected chi connectivity index (χ4v) is 4.25. The summed E-state index contributed by atoms with van der Waals surface area (Å²) in [6.45, 7) is 3.63. The van der Waals surface area contributed by atoms with E-state index in [1.807, 2.05) is 51.2 Å². The first-order valence-electron chi connectivity index (χ1n) is 9.20. The first-order valence-corrected chi connectivity index (χ1v) is 10.1. The predicted molar refractivity (Wildman–Crippen MR) is 105 cm³/mol. The SMILES string of the molecule is CC[C@@H]1CN(C(=O)c2cn3ccsc3n2)CCC(=O)N1Cc1ccccc1. The minimum absolute atomic E-state index is 0.00730. The van der Waals surface area contributed by atoms with Crippen molar-refractivity contribution in [1.82, 2.24) is 19.2 Å². The largest absolute Gasteiger partial charge is 0.335 e. The number of benzene rings is 1. The van der Waals surface area contributed by atoms with E-state index >= 15 is 0 Å². The van der Waals surface area contributed by atoms with Crippen molar-refractivity contribution in [3.05, 3.63) is 59.4 Å². The lowest BCUT2D eigenvalue weighted by atomic mass is 10.1. The Morgan fingerprint density at radius 2 is 2.11 bits per heavy atom. The molecule has 1 saturated heterocycles. The number of thiazole rings is 1. The first-order chi connectivity index (χ1) is 13.2. The highest BCUT2D eigenvalue weighted by Crippen LogP contribution is 2.20. The standard InChI is InChI=1S/C20H22N4O2S/c1-2-16-13-22(19(26)17-14-23-10-11-27-20(23)21-17)9-8-18(25)24(16)12-15-6-4-3-5-7-15/h3-7,10-11,14,16H,2,8-9,12-13H2,1H3/t16-/m1/s1. The Morgan fingerprint density at radius 1 is 1.30 bits per heavy atom. The highest BCUT2D eigenvalue weighted by molar-refractivity contribution is 7.15. The van der Waals surface area contributed by atoms with Crippen molar-refractivity contribution in [3.63, 3.8) is 0 Å². The van der Waals surface area contributed by atoms with Crippen LogP contribution in [0.15, 0.2) is 48.1 Å². The van der Waals surface area contributed by atoms with Gasteiger partial charge in [-0.3, -0.25) is 14.0 Å². The van der Waals surface area contributed by atoms with Gasteiger partial charge in [-0.05, 0) is 12.0 Å². The van der Waals surface area contributed by atoms with Crippen LogP contribution in [0.3, 0.4) is 0 Å². The molecule has 27 heavy (non-hydrogen) atoms. The van der Waals surface area contributed by atoms with Crippen LogP contribution in [0, 0.1) is 0 Å². The van der Waals surface area contributed by atoms with Crippen LogP contribution in [0.1, 0.15) is 35.8 Å². The minimum atomic E-state index is -0.0984. The molecule has 0 radical (unpaired) electrons. The third-order valence-electron chi connectivity index (χ3n) is 5.05. The molecule has 0 unspecified atom stereocenters. The Kier molecular flexibility index (Phi) is 4.94. The monoisotopic (exact) mass is 382 g/mol. The second-order valence-electron chi connectivity index (χ2n) is 6.79. The van der Waals surface area contributed by atoms with Gasteiger partial charge < -0.3 is 9.80 Å². The molecular weight excluding hydrogens is 360 g/mol. The third kappa shape index (κ3) is 3.60. The van der Waals surface area contributed by atoms with Crippen LogP contribution in [-0.4, -0.2) is 50.1 Å². The van der Waals surface area contributed by atoms with Crippen LogP contribution in [0.5, 0.6) is 0 Å². The normalized spacial score (nSPS) is 18.1. The molecule has 0 aliphatic carbocycles. The number of imidazole rings is 1. The molecular formula is C20H22N4O2S. The molecule has 140 valence electrons. The predicted octanol–water partition coefficient (Wildman–Crippen LogP) is 3.05. The maximum Gasteiger partial charge on any atom is 0.274 e. The number of aromatic nitrogens is 2. The Labute approximate surface area is 162 Å². The molecule has 0 spiro atoms. The van der Waals surface area contributed by atoms with Crippen LogP contribution in [0.4, 0.5) is 0 Å². The summed E-state index contributed by atoms with van der Waals surface area (Å²) < 4.78 is 1.86. The van der Waals surface area contributed by atoms with Gasteiger partial charge in [0.25, 0.3) is 5.91 Å². The molecule has 2 amide bonds. The van der Waals surface area contributed by atoms with E-state index in [0.29, 0.717) is 31.7 Å². The highest BCUT2D eigenvalue weighted by atomic mass is 32.1. The molecule has 0 N–H and O–H groups in total. The molecule has 1 aliphatic heterocycles.